The summed E-state index contributed by atoms with van der Waals surface area (Å²) in [7, 11) is 0. The topological polar surface area (TPSA) is 46.9 Å². The van der Waals surface area contributed by atoms with Crippen LogP contribution in [-0.2, 0) is 6.54 Å². The van der Waals surface area contributed by atoms with Crippen molar-refractivity contribution in [3.8, 4) is 0 Å². The summed E-state index contributed by atoms with van der Waals surface area (Å²) in [6.45, 7) is 4.16. The second kappa shape index (κ2) is 7.19. The van der Waals surface area contributed by atoms with Crippen molar-refractivity contribution in [3.05, 3.63) is 81.2 Å². The van der Waals surface area contributed by atoms with E-state index in [1.54, 1.807) is 35.1 Å². The van der Waals surface area contributed by atoms with Crippen molar-refractivity contribution in [1.82, 2.24) is 9.78 Å². The molecule has 0 saturated heterocycles. The summed E-state index contributed by atoms with van der Waals surface area (Å²) in [5.41, 5.74) is 3.13. The Morgan fingerprint density at radius 1 is 1.24 bits per heavy atom. The number of aryl methyl sites for hydroxylation is 2. The molecule has 4 nitrogen and oxygen atoms in total. The van der Waals surface area contributed by atoms with Gasteiger partial charge in [-0.1, -0.05) is 35.9 Å². The molecule has 0 fully saturated rings. The molecule has 0 radical (unpaired) electrons. The summed E-state index contributed by atoms with van der Waals surface area (Å²) in [6.07, 6.45) is 1.71. The van der Waals surface area contributed by atoms with E-state index in [0.717, 1.165) is 11.1 Å². The number of hydrogen-bond donors (Lipinski definition) is 1. The van der Waals surface area contributed by atoms with Crippen LogP contribution in [0.2, 0.25) is 0 Å². The third-order valence-corrected chi connectivity index (χ3v) is 4.45. The predicted octanol–water partition coefficient (Wildman–Crippen LogP) is 4.70. The van der Waals surface area contributed by atoms with E-state index in [2.05, 4.69) is 26.3 Å². The molecule has 1 heterocycles. The third kappa shape index (κ3) is 3.96. The molecule has 1 amide bonds. The van der Waals surface area contributed by atoms with Crippen molar-refractivity contribution in [3.63, 3.8) is 0 Å². The maximum Gasteiger partial charge on any atom is 0.257 e. The lowest BCUT2D eigenvalue weighted by molar-refractivity contribution is 0.102. The smallest absolute Gasteiger partial charge is 0.257 e. The van der Waals surface area contributed by atoms with Crippen molar-refractivity contribution >= 4 is 27.7 Å². The first-order valence-corrected chi connectivity index (χ1v) is 8.58. The van der Waals surface area contributed by atoms with E-state index < -0.39 is 0 Å². The number of amides is 1. The first kappa shape index (κ1) is 17.4. The lowest BCUT2D eigenvalue weighted by Gasteiger charge is -2.07. The molecule has 1 aromatic heterocycles. The second-order valence-electron chi connectivity index (χ2n) is 5.89. The summed E-state index contributed by atoms with van der Waals surface area (Å²) in [5.74, 6) is -0.106. The molecule has 0 aliphatic heterocycles. The monoisotopic (exact) mass is 401 g/mol. The molecular weight excluding hydrogens is 385 g/mol. The first-order chi connectivity index (χ1) is 11.9. The molecule has 0 spiro atoms. The van der Waals surface area contributed by atoms with E-state index >= 15 is 0 Å². The molecule has 0 aliphatic rings. The zero-order valence-electron chi connectivity index (χ0n) is 13.9. The van der Waals surface area contributed by atoms with Gasteiger partial charge in [0, 0.05) is 17.3 Å². The molecule has 25 heavy (non-hydrogen) atoms. The molecule has 2 aromatic carbocycles. The summed E-state index contributed by atoms with van der Waals surface area (Å²) < 4.78 is 16.0. The third-order valence-electron chi connectivity index (χ3n) is 3.87. The minimum absolute atomic E-state index is 0.227. The molecule has 0 aliphatic carbocycles. The molecule has 0 atom stereocenters. The van der Waals surface area contributed by atoms with E-state index in [9.17, 15) is 9.18 Å². The zero-order valence-corrected chi connectivity index (χ0v) is 15.5. The Balaban J connectivity index is 1.78. The normalized spacial score (nSPS) is 10.7. The highest BCUT2D eigenvalue weighted by atomic mass is 79.9. The highest BCUT2D eigenvalue weighted by molar-refractivity contribution is 9.10. The molecular formula is C19H17BrFN3O. The molecule has 0 unspecified atom stereocenters. The highest BCUT2D eigenvalue weighted by Gasteiger charge is 2.14. The number of benzene rings is 2. The molecule has 6 heteroatoms. The van der Waals surface area contributed by atoms with Gasteiger partial charge in [-0.05, 0) is 47.5 Å². The van der Waals surface area contributed by atoms with Gasteiger partial charge in [0.05, 0.1) is 11.0 Å². The fraction of sp³-hybridized carbons (Fsp3) is 0.158. The number of nitrogens with one attached hydrogen (secondary N) is 1. The van der Waals surface area contributed by atoms with E-state index in [0.29, 0.717) is 21.4 Å². The first-order valence-electron chi connectivity index (χ1n) is 7.79. The largest absolute Gasteiger partial charge is 0.304 e. The van der Waals surface area contributed by atoms with Crippen molar-refractivity contribution in [2.75, 3.05) is 5.32 Å². The molecule has 3 rings (SSSR count). The van der Waals surface area contributed by atoms with Gasteiger partial charge in [0.25, 0.3) is 5.91 Å². The van der Waals surface area contributed by atoms with Gasteiger partial charge in [-0.2, -0.15) is 5.10 Å². The average molecular weight is 402 g/mol. The van der Waals surface area contributed by atoms with E-state index in [1.807, 2.05) is 26.0 Å². The summed E-state index contributed by atoms with van der Waals surface area (Å²) in [6, 6.07) is 12.2. The van der Waals surface area contributed by atoms with Crippen molar-refractivity contribution < 1.29 is 9.18 Å². The summed E-state index contributed by atoms with van der Waals surface area (Å²) in [4.78, 5) is 12.5. The van der Waals surface area contributed by atoms with Crippen molar-refractivity contribution in [2.45, 2.75) is 20.4 Å². The quantitative estimate of drug-likeness (QED) is 0.688. The van der Waals surface area contributed by atoms with Crippen LogP contribution in [-0.4, -0.2) is 15.7 Å². The molecule has 0 saturated carbocycles. The van der Waals surface area contributed by atoms with Crippen molar-refractivity contribution in [1.29, 1.82) is 0 Å². The molecule has 0 bridgehead atoms. The SMILES string of the molecule is Cc1ccc(C(=O)Nc2nn(Cc3ccccc3F)cc2Br)c(C)c1. The summed E-state index contributed by atoms with van der Waals surface area (Å²) >= 11 is 3.39. The lowest BCUT2D eigenvalue weighted by Crippen LogP contribution is -2.14. The van der Waals surface area contributed by atoms with Gasteiger partial charge in [-0.3, -0.25) is 9.48 Å². The minimum atomic E-state index is -0.282. The standard InChI is InChI=1S/C19H17BrFN3O/c1-12-7-8-15(13(2)9-12)19(25)22-18-16(20)11-24(23-18)10-14-5-3-4-6-17(14)21/h3-9,11H,10H2,1-2H3,(H,22,23,25). The Hall–Kier alpha value is -2.47. The highest BCUT2D eigenvalue weighted by Crippen LogP contribution is 2.22. The number of rotatable bonds is 4. The number of carbonyl (C=O) groups excluding carboxylic acids is 1. The van der Waals surface area contributed by atoms with E-state index in [4.69, 9.17) is 0 Å². The maximum atomic E-state index is 13.8. The van der Waals surface area contributed by atoms with Gasteiger partial charge in [0.2, 0.25) is 0 Å². The lowest BCUT2D eigenvalue weighted by atomic mass is 10.1. The number of carbonyl (C=O) groups is 1. The van der Waals surface area contributed by atoms with Gasteiger partial charge in [-0.15, -0.1) is 0 Å². The predicted molar refractivity (Wildman–Crippen MR) is 99.3 cm³/mol. The van der Waals surface area contributed by atoms with Crippen LogP contribution in [0.3, 0.4) is 0 Å². The number of anilines is 1. The van der Waals surface area contributed by atoms with Crippen LogP contribution in [0.15, 0.2) is 53.1 Å². The van der Waals surface area contributed by atoms with Crippen molar-refractivity contribution in [2.24, 2.45) is 0 Å². The average Bonchev–Trinajstić information content (AvgIpc) is 2.89. The van der Waals surface area contributed by atoms with E-state index in [1.165, 1.54) is 6.07 Å². The second-order valence-corrected chi connectivity index (χ2v) is 6.74. The number of hydrogen-bond acceptors (Lipinski definition) is 2. The van der Waals surface area contributed by atoms with Gasteiger partial charge < -0.3 is 5.32 Å². The van der Waals surface area contributed by atoms with Gasteiger partial charge in [0.15, 0.2) is 5.82 Å². The Morgan fingerprint density at radius 2 is 2.00 bits per heavy atom. The van der Waals surface area contributed by atoms with Gasteiger partial charge >= 0.3 is 0 Å². The Labute approximate surface area is 153 Å². The van der Waals surface area contributed by atoms with Crippen LogP contribution in [0.25, 0.3) is 0 Å². The minimum Gasteiger partial charge on any atom is -0.304 e. The fourth-order valence-electron chi connectivity index (χ4n) is 2.61. The van der Waals surface area contributed by atoms with Crippen LogP contribution in [0.4, 0.5) is 10.2 Å². The molecule has 3 aromatic rings. The van der Waals surface area contributed by atoms with Crippen LogP contribution in [0, 0.1) is 19.7 Å². The van der Waals surface area contributed by atoms with Crippen LogP contribution < -0.4 is 5.32 Å². The zero-order chi connectivity index (χ0) is 18.0. The summed E-state index contributed by atoms with van der Waals surface area (Å²) in [5, 5.41) is 7.13. The number of aromatic nitrogens is 2. The van der Waals surface area contributed by atoms with E-state index in [-0.39, 0.29) is 18.3 Å². The maximum absolute atomic E-state index is 13.8. The molecule has 128 valence electrons. The Morgan fingerprint density at radius 3 is 2.72 bits per heavy atom. The van der Waals surface area contributed by atoms with Crippen LogP contribution in [0.1, 0.15) is 27.0 Å². The number of halogens is 2. The Kier molecular flexibility index (Phi) is 4.99. The molecule has 1 N–H and O–H groups in total. The van der Waals surface area contributed by atoms with Crippen LogP contribution in [0.5, 0.6) is 0 Å². The Bertz CT molecular complexity index is 936. The van der Waals surface area contributed by atoms with Crippen LogP contribution >= 0.6 is 15.9 Å². The van der Waals surface area contributed by atoms with Gasteiger partial charge in [0.1, 0.15) is 5.82 Å². The number of nitrogens with zero attached hydrogens (tertiary/aromatic N) is 2. The van der Waals surface area contributed by atoms with Gasteiger partial charge in [-0.25, -0.2) is 4.39 Å². The fourth-order valence-corrected chi connectivity index (χ4v) is 3.02.